The summed E-state index contributed by atoms with van der Waals surface area (Å²) in [5.74, 6) is -0.0584. The highest BCUT2D eigenvalue weighted by atomic mass is 19.1. The summed E-state index contributed by atoms with van der Waals surface area (Å²) in [4.78, 5) is 18.0. The van der Waals surface area contributed by atoms with Gasteiger partial charge in [0.1, 0.15) is 11.6 Å². The number of carbonyl (C=O) groups is 1. The number of likely N-dealkylation sites (N-methyl/N-ethyl adjacent to an activating group) is 1. The van der Waals surface area contributed by atoms with Crippen molar-refractivity contribution < 1.29 is 13.9 Å². The number of aromatic amines is 1. The number of nitrogens with one attached hydrogen (secondary N) is 1. The Kier molecular flexibility index (Phi) is 5.53. The molecule has 0 aliphatic rings. The standard InChI is InChI=1S/C25H23FN2O2/c1-17-7-9-18(10-8-17)25(22-15-27-23-6-4-3-5-21(22)23)28(2)24(29)16-30-20-13-11-19(26)12-14-20/h3-15,25,27H,16H2,1-2H3/t25-/m0/s1. The van der Waals surface area contributed by atoms with Crippen molar-refractivity contribution in [1.29, 1.82) is 0 Å². The Balaban J connectivity index is 1.63. The number of aromatic nitrogens is 1. The van der Waals surface area contributed by atoms with Crippen LogP contribution in [0.25, 0.3) is 10.9 Å². The highest BCUT2D eigenvalue weighted by Gasteiger charge is 2.26. The fourth-order valence-electron chi connectivity index (χ4n) is 3.60. The summed E-state index contributed by atoms with van der Waals surface area (Å²) < 4.78 is 18.7. The second-order valence-corrected chi connectivity index (χ2v) is 7.35. The number of rotatable bonds is 6. The highest BCUT2D eigenvalue weighted by molar-refractivity contribution is 5.85. The molecule has 0 bridgehead atoms. The molecule has 0 saturated carbocycles. The van der Waals surface area contributed by atoms with Gasteiger partial charge in [0.25, 0.3) is 5.91 Å². The van der Waals surface area contributed by atoms with Gasteiger partial charge in [0.05, 0.1) is 6.04 Å². The van der Waals surface area contributed by atoms with E-state index in [1.165, 1.54) is 24.3 Å². The van der Waals surface area contributed by atoms with Gasteiger partial charge in [-0.15, -0.1) is 0 Å². The number of aryl methyl sites for hydroxylation is 1. The van der Waals surface area contributed by atoms with Crippen LogP contribution in [0.1, 0.15) is 22.7 Å². The Morgan fingerprint density at radius 3 is 2.47 bits per heavy atom. The largest absolute Gasteiger partial charge is 0.484 e. The number of para-hydroxylation sites is 1. The third-order valence-corrected chi connectivity index (χ3v) is 5.27. The first-order valence-electron chi connectivity index (χ1n) is 9.79. The van der Waals surface area contributed by atoms with E-state index in [0.29, 0.717) is 5.75 Å². The number of benzene rings is 3. The van der Waals surface area contributed by atoms with E-state index in [-0.39, 0.29) is 24.4 Å². The van der Waals surface area contributed by atoms with Crippen LogP contribution in [0.5, 0.6) is 5.75 Å². The maximum Gasteiger partial charge on any atom is 0.261 e. The molecule has 4 rings (SSSR count). The number of hydrogen-bond donors (Lipinski definition) is 1. The van der Waals surface area contributed by atoms with E-state index in [1.807, 2.05) is 55.6 Å². The summed E-state index contributed by atoms with van der Waals surface area (Å²) >= 11 is 0. The zero-order chi connectivity index (χ0) is 21.1. The molecular weight excluding hydrogens is 379 g/mol. The van der Waals surface area contributed by atoms with E-state index < -0.39 is 0 Å². The van der Waals surface area contributed by atoms with Crippen LogP contribution in [0.15, 0.2) is 79.0 Å². The van der Waals surface area contributed by atoms with Crippen LogP contribution in [-0.4, -0.2) is 29.4 Å². The van der Waals surface area contributed by atoms with Crippen molar-refractivity contribution in [2.45, 2.75) is 13.0 Å². The predicted molar refractivity (Wildman–Crippen MR) is 116 cm³/mol. The minimum atomic E-state index is -0.343. The summed E-state index contributed by atoms with van der Waals surface area (Å²) in [6.45, 7) is 1.91. The molecule has 4 aromatic rings. The van der Waals surface area contributed by atoms with Crippen molar-refractivity contribution in [2.75, 3.05) is 13.7 Å². The third-order valence-electron chi connectivity index (χ3n) is 5.27. The lowest BCUT2D eigenvalue weighted by Gasteiger charge is -2.29. The number of fused-ring (bicyclic) bond motifs is 1. The lowest BCUT2D eigenvalue weighted by molar-refractivity contribution is -0.133. The Hall–Kier alpha value is -3.60. The van der Waals surface area contributed by atoms with Crippen LogP contribution in [0.4, 0.5) is 4.39 Å². The molecule has 30 heavy (non-hydrogen) atoms. The van der Waals surface area contributed by atoms with E-state index in [2.05, 4.69) is 11.1 Å². The van der Waals surface area contributed by atoms with Crippen molar-refractivity contribution in [2.24, 2.45) is 0 Å². The maximum absolute atomic E-state index is 13.1. The molecule has 1 aromatic heterocycles. The van der Waals surface area contributed by atoms with Crippen LogP contribution < -0.4 is 4.74 Å². The highest BCUT2D eigenvalue weighted by Crippen LogP contribution is 2.33. The number of hydrogen-bond acceptors (Lipinski definition) is 2. The molecule has 0 radical (unpaired) electrons. The van der Waals surface area contributed by atoms with Gasteiger partial charge in [0.2, 0.25) is 0 Å². The molecule has 152 valence electrons. The molecule has 0 spiro atoms. The number of carbonyl (C=O) groups excluding carboxylic acids is 1. The van der Waals surface area contributed by atoms with E-state index >= 15 is 0 Å². The van der Waals surface area contributed by atoms with Gasteiger partial charge in [0.15, 0.2) is 6.61 Å². The molecule has 0 aliphatic carbocycles. The average molecular weight is 402 g/mol. The molecule has 3 aromatic carbocycles. The van der Waals surface area contributed by atoms with Crippen LogP contribution in [0.3, 0.4) is 0 Å². The van der Waals surface area contributed by atoms with Gasteiger partial charge in [-0.05, 0) is 42.8 Å². The Morgan fingerprint density at radius 2 is 1.73 bits per heavy atom. The number of nitrogens with zero attached hydrogens (tertiary/aromatic N) is 1. The summed E-state index contributed by atoms with van der Waals surface area (Å²) in [6, 6.07) is 21.6. The quantitative estimate of drug-likeness (QED) is 0.479. The zero-order valence-electron chi connectivity index (χ0n) is 16.9. The van der Waals surface area contributed by atoms with E-state index in [0.717, 1.165) is 27.6 Å². The minimum Gasteiger partial charge on any atom is -0.484 e. The van der Waals surface area contributed by atoms with Crippen LogP contribution in [0.2, 0.25) is 0 Å². The van der Waals surface area contributed by atoms with E-state index in [4.69, 9.17) is 4.74 Å². The second-order valence-electron chi connectivity index (χ2n) is 7.35. The van der Waals surface area contributed by atoms with E-state index in [1.54, 1.807) is 11.9 Å². The first-order valence-corrected chi connectivity index (χ1v) is 9.79. The van der Waals surface area contributed by atoms with Gasteiger partial charge < -0.3 is 14.6 Å². The monoisotopic (exact) mass is 402 g/mol. The van der Waals surface area contributed by atoms with Crippen molar-refractivity contribution in [3.63, 3.8) is 0 Å². The molecule has 4 nitrogen and oxygen atoms in total. The number of H-pyrrole nitrogens is 1. The van der Waals surface area contributed by atoms with Crippen molar-refractivity contribution >= 4 is 16.8 Å². The number of ether oxygens (including phenoxy) is 1. The minimum absolute atomic E-state index is 0.132. The van der Waals surface area contributed by atoms with Crippen molar-refractivity contribution in [1.82, 2.24) is 9.88 Å². The summed E-state index contributed by atoms with van der Waals surface area (Å²) in [5, 5.41) is 1.07. The van der Waals surface area contributed by atoms with Crippen LogP contribution >= 0.6 is 0 Å². The Labute approximate surface area is 174 Å². The normalized spacial score (nSPS) is 12.0. The summed E-state index contributed by atoms with van der Waals surface area (Å²) in [6.07, 6.45) is 1.96. The fourth-order valence-corrected chi connectivity index (χ4v) is 3.60. The maximum atomic E-state index is 13.1. The molecule has 1 amide bonds. The first kappa shape index (κ1) is 19.7. The molecule has 1 heterocycles. The average Bonchev–Trinajstić information content (AvgIpc) is 3.18. The third kappa shape index (κ3) is 4.06. The van der Waals surface area contributed by atoms with Gasteiger partial charge in [0, 0.05) is 29.7 Å². The molecule has 1 atom stereocenters. The summed E-state index contributed by atoms with van der Waals surface area (Å²) in [7, 11) is 1.78. The number of halogens is 1. The first-order chi connectivity index (χ1) is 14.5. The molecule has 0 fully saturated rings. The van der Waals surface area contributed by atoms with Gasteiger partial charge in [-0.3, -0.25) is 4.79 Å². The molecule has 1 N–H and O–H groups in total. The predicted octanol–water partition coefficient (Wildman–Crippen LogP) is 5.24. The molecule has 0 aliphatic heterocycles. The van der Waals surface area contributed by atoms with E-state index in [9.17, 15) is 9.18 Å². The van der Waals surface area contributed by atoms with Gasteiger partial charge in [-0.2, -0.15) is 0 Å². The topological polar surface area (TPSA) is 45.3 Å². The smallest absolute Gasteiger partial charge is 0.261 e. The molecular formula is C25H23FN2O2. The fraction of sp³-hybridized carbons (Fsp3) is 0.160. The van der Waals surface area contributed by atoms with Crippen molar-refractivity contribution in [3.05, 3.63) is 102 Å². The SMILES string of the molecule is Cc1ccc([C@@H](c2c[nH]c3ccccc23)N(C)C(=O)COc2ccc(F)cc2)cc1. The second kappa shape index (κ2) is 8.41. The van der Waals surface area contributed by atoms with Crippen molar-refractivity contribution in [3.8, 4) is 5.75 Å². The molecule has 5 heteroatoms. The van der Waals surface area contributed by atoms with Crippen LogP contribution in [-0.2, 0) is 4.79 Å². The Bertz CT molecular complexity index is 1150. The van der Waals surface area contributed by atoms with Gasteiger partial charge in [-0.25, -0.2) is 4.39 Å². The lowest BCUT2D eigenvalue weighted by atomic mass is 9.96. The van der Waals surface area contributed by atoms with Gasteiger partial charge >= 0.3 is 0 Å². The zero-order valence-corrected chi connectivity index (χ0v) is 16.9. The van der Waals surface area contributed by atoms with Crippen LogP contribution in [0, 0.1) is 12.7 Å². The Morgan fingerprint density at radius 1 is 1.03 bits per heavy atom. The molecule has 0 saturated heterocycles. The lowest BCUT2D eigenvalue weighted by Crippen LogP contribution is -2.35. The number of amides is 1. The molecule has 0 unspecified atom stereocenters. The van der Waals surface area contributed by atoms with Gasteiger partial charge in [-0.1, -0.05) is 48.0 Å². The summed E-state index contributed by atoms with van der Waals surface area (Å²) in [5.41, 5.74) is 4.22.